The summed E-state index contributed by atoms with van der Waals surface area (Å²) in [6.45, 7) is 6.07. The minimum Gasteiger partial charge on any atom is -0.460 e. The number of hydrogen-bond acceptors (Lipinski definition) is 3. The number of amides is 1. The van der Waals surface area contributed by atoms with Crippen LogP contribution in [-0.4, -0.2) is 23.7 Å². The van der Waals surface area contributed by atoms with Gasteiger partial charge in [0.1, 0.15) is 11.4 Å². The van der Waals surface area contributed by atoms with E-state index in [0.29, 0.717) is 5.56 Å². The average molecular weight is 522 g/mol. The van der Waals surface area contributed by atoms with Crippen molar-refractivity contribution in [2.75, 3.05) is 5.32 Å². The second kappa shape index (κ2) is 11.0. The van der Waals surface area contributed by atoms with Crippen molar-refractivity contribution in [2.24, 2.45) is 5.92 Å². The minimum atomic E-state index is -4.73. The molecule has 1 N–H and O–H groups in total. The van der Waals surface area contributed by atoms with Gasteiger partial charge in [0, 0.05) is 6.42 Å². The molecule has 0 aliphatic heterocycles. The Kier molecular flexibility index (Phi) is 8.99. The summed E-state index contributed by atoms with van der Waals surface area (Å²) in [5.74, 6) is -6.25. The third-order valence-electron chi connectivity index (χ3n) is 4.93. The summed E-state index contributed by atoms with van der Waals surface area (Å²) >= 11 is 11.8. The number of alkyl halides is 3. The van der Waals surface area contributed by atoms with Gasteiger partial charge in [-0.15, -0.1) is 0 Å². The summed E-state index contributed by atoms with van der Waals surface area (Å²) in [4.78, 5) is 24.9. The van der Waals surface area contributed by atoms with E-state index in [4.69, 9.17) is 27.9 Å². The number of carbonyl (C=O) groups is 2. The largest absolute Gasteiger partial charge is 0.460 e. The van der Waals surface area contributed by atoms with Crippen LogP contribution in [0, 0.1) is 11.7 Å². The van der Waals surface area contributed by atoms with Gasteiger partial charge in [-0.3, -0.25) is 9.59 Å². The molecule has 0 bridgehead atoms. The van der Waals surface area contributed by atoms with E-state index in [1.807, 2.05) is 0 Å². The Labute approximate surface area is 205 Å². The maximum atomic E-state index is 14.0. The Hall–Kier alpha value is -2.32. The highest BCUT2D eigenvalue weighted by molar-refractivity contribution is 6.33. The topological polar surface area (TPSA) is 55.4 Å². The standard InChI is InChI=1S/C24H25Cl2F4NO3/c1-13(24(28,29)30)21(15-7-9-16(25)18(27)12-15)22(33)31-19-11-14(5-8-17(19)26)6-10-20(32)34-23(2,3)4/h5,7-9,11-13,21H,6,10H2,1-4H3,(H,31,33). The van der Waals surface area contributed by atoms with Crippen LogP contribution in [0.2, 0.25) is 10.0 Å². The summed E-state index contributed by atoms with van der Waals surface area (Å²) in [6, 6.07) is 7.66. The molecular formula is C24H25Cl2F4NO3. The van der Waals surface area contributed by atoms with Crippen LogP contribution in [0.15, 0.2) is 36.4 Å². The normalized spacial score (nSPS) is 13.8. The highest BCUT2D eigenvalue weighted by Gasteiger charge is 2.45. The number of rotatable bonds is 7. The number of halogens is 6. The fourth-order valence-corrected chi connectivity index (χ4v) is 3.52. The Morgan fingerprint density at radius 1 is 1.03 bits per heavy atom. The number of benzene rings is 2. The average Bonchev–Trinajstić information content (AvgIpc) is 2.69. The molecule has 2 atom stereocenters. The third-order valence-corrected chi connectivity index (χ3v) is 5.56. The Balaban J connectivity index is 2.28. The first-order valence-electron chi connectivity index (χ1n) is 10.4. The van der Waals surface area contributed by atoms with Crippen LogP contribution in [0.3, 0.4) is 0 Å². The van der Waals surface area contributed by atoms with Crippen molar-refractivity contribution >= 4 is 40.8 Å². The van der Waals surface area contributed by atoms with Crippen molar-refractivity contribution in [2.45, 2.75) is 58.2 Å². The van der Waals surface area contributed by atoms with Crippen molar-refractivity contribution in [3.63, 3.8) is 0 Å². The molecular weight excluding hydrogens is 497 g/mol. The SMILES string of the molecule is CC(C(C(=O)Nc1cc(CCC(=O)OC(C)(C)C)ccc1Cl)c1ccc(Cl)c(F)c1)C(F)(F)F. The van der Waals surface area contributed by atoms with E-state index in [0.717, 1.165) is 19.1 Å². The summed E-state index contributed by atoms with van der Waals surface area (Å²) in [6.07, 6.45) is -4.40. The van der Waals surface area contributed by atoms with Crippen LogP contribution in [0.4, 0.5) is 23.2 Å². The Morgan fingerprint density at radius 2 is 1.65 bits per heavy atom. The van der Waals surface area contributed by atoms with E-state index in [9.17, 15) is 27.2 Å². The zero-order valence-electron chi connectivity index (χ0n) is 19.0. The molecule has 34 heavy (non-hydrogen) atoms. The number of aryl methyl sites for hydroxylation is 1. The molecule has 2 rings (SSSR count). The predicted octanol–water partition coefficient (Wildman–Crippen LogP) is 7.33. The number of ether oxygens (including phenoxy) is 1. The molecule has 4 nitrogen and oxygen atoms in total. The highest BCUT2D eigenvalue weighted by Crippen LogP contribution is 2.39. The van der Waals surface area contributed by atoms with Crippen LogP contribution in [0.5, 0.6) is 0 Å². The number of hydrogen-bond donors (Lipinski definition) is 1. The number of nitrogens with one attached hydrogen (secondary N) is 1. The van der Waals surface area contributed by atoms with Crippen molar-refractivity contribution in [3.05, 3.63) is 63.4 Å². The molecule has 10 heteroatoms. The monoisotopic (exact) mass is 521 g/mol. The van der Waals surface area contributed by atoms with Gasteiger partial charge in [0.05, 0.1) is 27.6 Å². The van der Waals surface area contributed by atoms with Crippen molar-refractivity contribution in [1.29, 1.82) is 0 Å². The molecule has 2 unspecified atom stereocenters. The number of anilines is 1. The quantitative estimate of drug-likeness (QED) is 0.306. The van der Waals surface area contributed by atoms with Gasteiger partial charge in [-0.25, -0.2) is 4.39 Å². The molecule has 0 spiro atoms. The lowest BCUT2D eigenvalue weighted by Crippen LogP contribution is -2.34. The lowest BCUT2D eigenvalue weighted by molar-refractivity contribution is -0.178. The first kappa shape index (κ1) is 27.9. The highest BCUT2D eigenvalue weighted by atomic mass is 35.5. The summed E-state index contributed by atoms with van der Waals surface area (Å²) < 4.78 is 59.8. The van der Waals surface area contributed by atoms with Crippen molar-refractivity contribution in [3.8, 4) is 0 Å². The molecule has 0 saturated carbocycles. The molecule has 2 aromatic carbocycles. The predicted molar refractivity (Wildman–Crippen MR) is 124 cm³/mol. The van der Waals surface area contributed by atoms with Crippen LogP contribution < -0.4 is 5.32 Å². The summed E-state index contributed by atoms with van der Waals surface area (Å²) in [5, 5.41) is 2.24. The van der Waals surface area contributed by atoms with Gasteiger partial charge in [0.15, 0.2) is 0 Å². The first-order chi connectivity index (χ1) is 15.6. The molecule has 0 aromatic heterocycles. The third kappa shape index (κ3) is 7.87. The molecule has 0 saturated heterocycles. The lowest BCUT2D eigenvalue weighted by atomic mass is 9.85. The minimum absolute atomic E-state index is 0.0596. The summed E-state index contributed by atoms with van der Waals surface area (Å²) in [7, 11) is 0. The Morgan fingerprint density at radius 3 is 2.21 bits per heavy atom. The zero-order chi connectivity index (χ0) is 25.8. The van der Waals surface area contributed by atoms with Gasteiger partial charge >= 0.3 is 12.1 Å². The molecule has 2 aromatic rings. The molecule has 0 fully saturated rings. The Bertz CT molecular complexity index is 1050. The van der Waals surface area contributed by atoms with Gasteiger partial charge < -0.3 is 10.1 Å². The zero-order valence-corrected chi connectivity index (χ0v) is 20.5. The lowest BCUT2D eigenvalue weighted by Gasteiger charge is -2.26. The van der Waals surface area contributed by atoms with Gasteiger partial charge in [0.25, 0.3) is 0 Å². The molecule has 186 valence electrons. The van der Waals surface area contributed by atoms with Gasteiger partial charge in [-0.05, 0) is 62.6 Å². The van der Waals surface area contributed by atoms with Crippen LogP contribution >= 0.6 is 23.2 Å². The smallest absolute Gasteiger partial charge is 0.392 e. The maximum absolute atomic E-state index is 14.0. The van der Waals surface area contributed by atoms with E-state index < -0.39 is 41.3 Å². The fourth-order valence-electron chi connectivity index (χ4n) is 3.24. The molecule has 0 aliphatic rings. The van der Waals surface area contributed by atoms with Crippen LogP contribution in [0.1, 0.15) is 51.2 Å². The summed E-state index contributed by atoms with van der Waals surface area (Å²) in [5.41, 5.74) is -0.131. The van der Waals surface area contributed by atoms with Crippen molar-refractivity contribution < 1.29 is 31.9 Å². The van der Waals surface area contributed by atoms with E-state index >= 15 is 0 Å². The molecule has 0 radical (unpaired) electrons. The second-order valence-corrected chi connectivity index (χ2v) is 9.69. The maximum Gasteiger partial charge on any atom is 0.392 e. The van der Waals surface area contributed by atoms with Crippen LogP contribution in [0.25, 0.3) is 0 Å². The van der Waals surface area contributed by atoms with Gasteiger partial charge in [-0.2, -0.15) is 13.2 Å². The number of carbonyl (C=O) groups excluding carboxylic acids is 2. The van der Waals surface area contributed by atoms with E-state index in [1.165, 1.54) is 18.2 Å². The fraction of sp³-hybridized carbons (Fsp3) is 0.417. The van der Waals surface area contributed by atoms with Gasteiger partial charge in [0.2, 0.25) is 5.91 Å². The van der Waals surface area contributed by atoms with Crippen LogP contribution in [-0.2, 0) is 20.7 Å². The molecule has 1 amide bonds. The van der Waals surface area contributed by atoms with Crippen molar-refractivity contribution in [1.82, 2.24) is 0 Å². The van der Waals surface area contributed by atoms with E-state index in [-0.39, 0.29) is 34.1 Å². The molecule has 0 heterocycles. The van der Waals surface area contributed by atoms with E-state index in [1.54, 1.807) is 26.8 Å². The first-order valence-corrected chi connectivity index (χ1v) is 11.2. The number of esters is 1. The van der Waals surface area contributed by atoms with E-state index in [2.05, 4.69) is 5.32 Å². The second-order valence-electron chi connectivity index (χ2n) is 8.87. The molecule has 0 aliphatic carbocycles. The van der Waals surface area contributed by atoms with Gasteiger partial charge in [-0.1, -0.05) is 42.3 Å².